The number of carboxylic acids is 1. The number of hydrogen-bond donors (Lipinski definition) is 4. The molecule has 2 aromatic rings. The Morgan fingerprint density at radius 1 is 0.767 bits per heavy atom. The number of aliphatic hydroxyl groups is 3. The van der Waals surface area contributed by atoms with Gasteiger partial charge in [-0.05, 0) is 44.4 Å². The van der Waals surface area contributed by atoms with Crippen LogP contribution in [0.4, 0.5) is 0 Å². The number of aromatic nitrogens is 4. The van der Waals surface area contributed by atoms with E-state index in [0.29, 0.717) is 19.3 Å². The number of fused-ring (bicyclic) bond motifs is 2. The van der Waals surface area contributed by atoms with Gasteiger partial charge in [0.25, 0.3) is 0 Å². The predicted molar refractivity (Wildman–Crippen MR) is 156 cm³/mol. The highest BCUT2D eigenvalue weighted by atomic mass is 79.9. The number of rotatable bonds is 5. The SMILES string of the molecule is CSc1ncc(Br)c(C(=O)O)n1.CSc1ncc(Br)c(C(=O)O[C@H]2CO[C@H]3[C@@H]2OC[C@@H]3O)n1.O[C@@H]1CO[C@H]2[C@@H]1OC[C@@H]2O. The van der Waals surface area contributed by atoms with E-state index in [2.05, 4.69) is 51.8 Å². The molecule has 4 N–H and O–H groups in total. The Morgan fingerprint density at radius 3 is 1.67 bits per heavy atom. The first-order chi connectivity index (χ1) is 20.5. The van der Waals surface area contributed by atoms with E-state index in [-0.39, 0.29) is 50.0 Å². The average molecular weight is 772 g/mol. The number of nitrogens with zero attached hydrogens (tertiary/aromatic N) is 4. The van der Waals surface area contributed by atoms with Gasteiger partial charge in [-0.15, -0.1) is 0 Å². The molecule has 4 fully saturated rings. The number of carbonyl (C=O) groups is 2. The van der Waals surface area contributed by atoms with Gasteiger partial charge >= 0.3 is 11.9 Å². The Balaban J connectivity index is 0.000000162. The first-order valence-corrected chi connectivity index (χ1v) is 16.7. The number of aliphatic hydroxyl groups excluding tert-OH is 3. The van der Waals surface area contributed by atoms with E-state index in [0.717, 1.165) is 0 Å². The molecule has 4 aliphatic heterocycles. The Labute approximate surface area is 270 Å². The molecule has 6 rings (SSSR count). The van der Waals surface area contributed by atoms with E-state index in [4.69, 9.17) is 39.0 Å². The Morgan fingerprint density at radius 2 is 1.19 bits per heavy atom. The molecule has 6 heterocycles. The second-order valence-corrected chi connectivity index (χ2v) is 12.5. The van der Waals surface area contributed by atoms with Crippen LogP contribution in [-0.2, 0) is 23.7 Å². The van der Waals surface area contributed by atoms with Crippen molar-refractivity contribution in [3.8, 4) is 0 Å². The maximum Gasteiger partial charge on any atom is 0.358 e. The van der Waals surface area contributed by atoms with Gasteiger partial charge in [0.2, 0.25) is 0 Å². The first kappa shape index (κ1) is 34.4. The minimum absolute atomic E-state index is 0.00523. The number of ether oxygens (including phenoxy) is 5. The van der Waals surface area contributed by atoms with E-state index in [9.17, 15) is 14.7 Å². The number of thioether (sulfide) groups is 2. The molecule has 15 nitrogen and oxygen atoms in total. The molecule has 0 radical (unpaired) electrons. The van der Waals surface area contributed by atoms with E-state index in [1.165, 1.54) is 35.9 Å². The Hall–Kier alpha value is -1.52. The van der Waals surface area contributed by atoms with Gasteiger partial charge in [-0.25, -0.2) is 29.5 Å². The third-order valence-electron chi connectivity index (χ3n) is 6.45. The van der Waals surface area contributed by atoms with Crippen LogP contribution >= 0.6 is 55.4 Å². The molecule has 0 aromatic carbocycles. The van der Waals surface area contributed by atoms with Crippen molar-refractivity contribution in [2.24, 2.45) is 0 Å². The van der Waals surface area contributed by atoms with Crippen molar-refractivity contribution < 1.29 is 53.7 Å². The van der Waals surface area contributed by atoms with Gasteiger partial charge in [-0.2, -0.15) is 0 Å². The van der Waals surface area contributed by atoms with Crippen LogP contribution in [-0.4, -0.2) is 140 Å². The maximum absolute atomic E-state index is 12.2. The minimum atomic E-state index is -1.06. The highest BCUT2D eigenvalue weighted by Gasteiger charge is 2.49. The molecule has 0 saturated carbocycles. The summed E-state index contributed by atoms with van der Waals surface area (Å²) in [7, 11) is 0. The summed E-state index contributed by atoms with van der Waals surface area (Å²) in [6, 6.07) is 0. The fourth-order valence-corrected chi connectivity index (χ4v) is 5.78. The molecular weight excluding hydrogens is 744 g/mol. The molecular formula is C24H28Br2N4O11S2. The largest absolute Gasteiger partial charge is 0.476 e. The normalized spacial score (nSPS) is 30.4. The smallest absolute Gasteiger partial charge is 0.358 e. The van der Waals surface area contributed by atoms with Crippen molar-refractivity contribution in [1.82, 2.24) is 19.9 Å². The summed E-state index contributed by atoms with van der Waals surface area (Å²) in [6.07, 6.45) is 2.78. The number of aromatic carboxylic acids is 1. The highest BCUT2D eigenvalue weighted by Crippen LogP contribution is 2.30. The van der Waals surface area contributed by atoms with Gasteiger partial charge in [0.05, 0.1) is 35.4 Å². The Kier molecular flexibility index (Phi) is 12.5. The molecule has 0 unspecified atom stereocenters. The van der Waals surface area contributed by atoms with Crippen LogP contribution in [0.1, 0.15) is 21.0 Å². The minimum Gasteiger partial charge on any atom is -0.476 e. The topological polar surface area (TPSA) is 213 Å². The van der Waals surface area contributed by atoms with E-state index in [1.807, 2.05) is 6.26 Å². The lowest BCUT2D eigenvalue weighted by Crippen LogP contribution is -2.34. The van der Waals surface area contributed by atoms with Crippen molar-refractivity contribution >= 4 is 67.3 Å². The van der Waals surface area contributed by atoms with E-state index in [1.54, 1.807) is 6.26 Å². The molecule has 8 atom stereocenters. The van der Waals surface area contributed by atoms with Crippen molar-refractivity contribution in [1.29, 1.82) is 0 Å². The van der Waals surface area contributed by atoms with Gasteiger partial charge in [0.1, 0.15) is 42.7 Å². The third-order valence-corrected chi connectivity index (χ3v) is 8.73. The zero-order valence-corrected chi connectivity index (χ0v) is 27.4. The molecule has 236 valence electrons. The highest BCUT2D eigenvalue weighted by molar-refractivity contribution is 9.10. The fraction of sp³-hybridized carbons (Fsp3) is 0.583. The predicted octanol–water partition coefficient (Wildman–Crippen LogP) is 0.810. The molecule has 0 spiro atoms. The van der Waals surface area contributed by atoms with Crippen molar-refractivity contribution in [2.75, 3.05) is 38.9 Å². The number of halogens is 2. The van der Waals surface area contributed by atoms with Gasteiger partial charge in [0, 0.05) is 12.4 Å². The molecule has 43 heavy (non-hydrogen) atoms. The lowest BCUT2D eigenvalue weighted by molar-refractivity contribution is -0.0214. The van der Waals surface area contributed by atoms with Gasteiger partial charge < -0.3 is 44.1 Å². The molecule has 19 heteroatoms. The maximum atomic E-state index is 12.2. The van der Waals surface area contributed by atoms with Gasteiger partial charge in [-0.1, -0.05) is 23.5 Å². The number of hydrogen-bond acceptors (Lipinski definition) is 16. The van der Waals surface area contributed by atoms with Crippen LogP contribution in [0.5, 0.6) is 0 Å². The molecule has 0 bridgehead atoms. The quantitative estimate of drug-likeness (QED) is 0.188. The zero-order chi connectivity index (χ0) is 31.3. The first-order valence-electron chi connectivity index (χ1n) is 12.6. The summed E-state index contributed by atoms with van der Waals surface area (Å²) in [6.45, 7) is 0.964. The molecule has 4 aliphatic rings. The van der Waals surface area contributed by atoms with Gasteiger partial charge in [-0.3, -0.25) is 0 Å². The number of esters is 1. The van der Waals surface area contributed by atoms with E-state index < -0.39 is 48.6 Å². The Bertz CT molecular complexity index is 1290. The summed E-state index contributed by atoms with van der Waals surface area (Å²) < 4.78 is 27.3. The monoisotopic (exact) mass is 770 g/mol. The second kappa shape index (κ2) is 15.7. The third kappa shape index (κ3) is 8.40. The van der Waals surface area contributed by atoms with Crippen LogP contribution < -0.4 is 0 Å². The van der Waals surface area contributed by atoms with Crippen LogP contribution in [0.3, 0.4) is 0 Å². The summed E-state index contributed by atoms with van der Waals surface area (Å²) in [5.74, 6) is -1.63. The second-order valence-electron chi connectivity index (χ2n) is 9.25. The number of carboxylic acid groups (broad SMARTS) is 1. The van der Waals surface area contributed by atoms with Crippen LogP contribution in [0, 0.1) is 0 Å². The van der Waals surface area contributed by atoms with Crippen LogP contribution in [0.25, 0.3) is 0 Å². The molecule has 4 saturated heterocycles. The molecule has 0 amide bonds. The zero-order valence-electron chi connectivity index (χ0n) is 22.6. The summed E-state index contributed by atoms with van der Waals surface area (Å²) >= 11 is 8.92. The van der Waals surface area contributed by atoms with Crippen molar-refractivity contribution in [3.63, 3.8) is 0 Å². The standard InChI is InChI=1S/C12H13BrN2O5S.C6H5BrN2O2S.C6H10O4/c1-21-12-14-2-5(13)8(15-12)11(17)20-7-4-19-9-6(16)3-18-10(7)9;1-12-6-8-2-3(7)4(9-6)5(10)11;7-3-1-9-6-4(8)2-10-5(3)6/h2,6-7,9-10,16H,3-4H2,1H3;2H,1H3,(H,10,11);3-8H,1-2H2/t6-,7-,9+,10+;;3-,4+,5-,6-/m0.1/s1. The lowest BCUT2D eigenvalue weighted by atomic mass is 10.1. The van der Waals surface area contributed by atoms with Crippen molar-refractivity contribution in [3.05, 3.63) is 32.7 Å². The van der Waals surface area contributed by atoms with Crippen LogP contribution in [0.2, 0.25) is 0 Å². The van der Waals surface area contributed by atoms with Crippen LogP contribution in [0.15, 0.2) is 31.7 Å². The summed E-state index contributed by atoms with van der Waals surface area (Å²) in [4.78, 5) is 38.7. The molecule has 0 aliphatic carbocycles. The van der Waals surface area contributed by atoms with E-state index >= 15 is 0 Å². The van der Waals surface area contributed by atoms with Gasteiger partial charge in [0.15, 0.2) is 27.8 Å². The average Bonchev–Trinajstić information content (AvgIpc) is 3.76. The number of carbonyl (C=O) groups excluding carboxylic acids is 1. The fourth-order valence-electron chi connectivity index (χ4n) is 4.39. The van der Waals surface area contributed by atoms with Crippen molar-refractivity contribution in [2.45, 2.75) is 59.1 Å². The summed E-state index contributed by atoms with van der Waals surface area (Å²) in [5, 5.41) is 37.6. The molecule has 2 aromatic heterocycles. The lowest BCUT2D eigenvalue weighted by Gasteiger charge is -2.16. The summed E-state index contributed by atoms with van der Waals surface area (Å²) in [5.41, 5.74) is 0.158.